The first-order valence-corrected chi connectivity index (χ1v) is 5.91. The number of rotatable bonds is 7. The molecule has 1 aromatic rings. The fraction of sp³-hybridized carbons (Fsp3) is 0.462. The Balaban J connectivity index is 2.44. The summed E-state index contributed by atoms with van der Waals surface area (Å²) in [6, 6.07) is 7.08. The molecule has 1 rings (SSSR count). The summed E-state index contributed by atoms with van der Waals surface area (Å²) >= 11 is 0. The number of hydrogen-bond donors (Lipinski definition) is 2. The quantitative estimate of drug-likeness (QED) is 0.691. The first-order valence-electron chi connectivity index (χ1n) is 5.91. The molecule has 0 aliphatic heterocycles. The van der Waals surface area contributed by atoms with Gasteiger partial charge in [-0.1, -0.05) is 12.1 Å². The van der Waals surface area contributed by atoms with E-state index >= 15 is 0 Å². The molecule has 0 aliphatic rings. The normalized spacial score (nSPS) is 11.9. The minimum Gasteiger partial charge on any atom is -0.491 e. The molecule has 0 bridgehead atoms. The molecule has 5 heteroatoms. The number of ether oxygens (including phenoxy) is 2. The highest BCUT2D eigenvalue weighted by Gasteiger charge is 2.05. The van der Waals surface area contributed by atoms with Gasteiger partial charge in [0.25, 0.3) is 0 Å². The second-order valence-electron chi connectivity index (χ2n) is 3.83. The summed E-state index contributed by atoms with van der Waals surface area (Å²) in [5.41, 5.74) is 6.12. The summed E-state index contributed by atoms with van der Waals surface area (Å²) < 4.78 is 10.2. The SMILES string of the molecule is CCOC(=O)Cc1ccc(OCC(O)CN)cc1. The van der Waals surface area contributed by atoms with E-state index in [1.165, 1.54) is 0 Å². The number of nitrogens with two attached hydrogens (primary N) is 1. The number of esters is 1. The van der Waals surface area contributed by atoms with E-state index in [9.17, 15) is 9.90 Å². The van der Waals surface area contributed by atoms with Crippen LogP contribution in [0.25, 0.3) is 0 Å². The van der Waals surface area contributed by atoms with Crippen molar-refractivity contribution in [2.24, 2.45) is 5.73 Å². The van der Waals surface area contributed by atoms with Crippen molar-refractivity contribution < 1.29 is 19.4 Å². The van der Waals surface area contributed by atoms with Gasteiger partial charge in [0, 0.05) is 6.54 Å². The minimum absolute atomic E-state index is 0.160. The lowest BCUT2D eigenvalue weighted by Crippen LogP contribution is -2.26. The molecule has 0 saturated heterocycles. The topological polar surface area (TPSA) is 81.8 Å². The Morgan fingerprint density at radius 1 is 1.39 bits per heavy atom. The van der Waals surface area contributed by atoms with Gasteiger partial charge in [-0.3, -0.25) is 4.79 Å². The Kier molecular flexibility index (Phi) is 6.18. The molecule has 1 aromatic carbocycles. The van der Waals surface area contributed by atoms with Crippen LogP contribution in [0.1, 0.15) is 12.5 Å². The second kappa shape index (κ2) is 7.68. The van der Waals surface area contributed by atoms with Crippen molar-refractivity contribution in [1.29, 1.82) is 0 Å². The van der Waals surface area contributed by atoms with Crippen molar-refractivity contribution in [2.75, 3.05) is 19.8 Å². The number of carbonyl (C=O) groups is 1. The average Bonchev–Trinajstić information content (AvgIpc) is 2.37. The predicted molar refractivity (Wildman–Crippen MR) is 67.3 cm³/mol. The van der Waals surface area contributed by atoms with Crippen molar-refractivity contribution in [2.45, 2.75) is 19.4 Å². The lowest BCUT2D eigenvalue weighted by atomic mass is 10.1. The van der Waals surface area contributed by atoms with Gasteiger partial charge in [0.05, 0.1) is 13.0 Å². The van der Waals surface area contributed by atoms with Crippen LogP contribution in [-0.4, -0.2) is 36.9 Å². The van der Waals surface area contributed by atoms with Crippen LogP contribution < -0.4 is 10.5 Å². The Hall–Kier alpha value is -1.59. The Bertz CT molecular complexity index is 364. The molecule has 1 unspecified atom stereocenters. The lowest BCUT2D eigenvalue weighted by Gasteiger charge is -2.10. The predicted octanol–water partition coefficient (Wildman–Crippen LogP) is 0.491. The first-order chi connectivity index (χ1) is 8.65. The molecule has 0 aliphatic carbocycles. The Morgan fingerprint density at radius 2 is 2.06 bits per heavy atom. The standard InChI is InChI=1S/C13H19NO4/c1-2-17-13(16)7-10-3-5-12(6-4-10)18-9-11(15)8-14/h3-6,11,15H,2,7-9,14H2,1H3. The van der Waals surface area contributed by atoms with E-state index in [1.54, 1.807) is 31.2 Å². The molecule has 0 fully saturated rings. The van der Waals surface area contributed by atoms with E-state index in [-0.39, 0.29) is 25.5 Å². The zero-order valence-corrected chi connectivity index (χ0v) is 10.5. The molecule has 0 spiro atoms. The van der Waals surface area contributed by atoms with Crippen molar-refractivity contribution >= 4 is 5.97 Å². The van der Waals surface area contributed by atoms with E-state index in [4.69, 9.17) is 15.2 Å². The number of hydrogen-bond acceptors (Lipinski definition) is 5. The Morgan fingerprint density at radius 3 is 2.61 bits per heavy atom. The molecular formula is C13H19NO4. The maximum Gasteiger partial charge on any atom is 0.310 e. The summed E-state index contributed by atoms with van der Waals surface area (Å²) in [7, 11) is 0. The van der Waals surface area contributed by atoms with Crippen molar-refractivity contribution in [3.63, 3.8) is 0 Å². The van der Waals surface area contributed by atoms with E-state index in [2.05, 4.69) is 0 Å². The number of aliphatic hydroxyl groups excluding tert-OH is 1. The lowest BCUT2D eigenvalue weighted by molar-refractivity contribution is -0.142. The third-order valence-electron chi connectivity index (χ3n) is 2.29. The van der Waals surface area contributed by atoms with Gasteiger partial charge in [-0.05, 0) is 24.6 Å². The molecule has 3 N–H and O–H groups in total. The van der Waals surface area contributed by atoms with Crippen LogP contribution in [0.2, 0.25) is 0 Å². The van der Waals surface area contributed by atoms with Gasteiger partial charge >= 0.3 is 5.97 Å². The smallest absolute Gasteiger partial charge is 0.310 e. The highest BCUT2D eigenvalue weighted by atomic mass is 16.5. The zero-order valence-electron chi connectivity index (χ0n) is 10.5. The number of carbonyl (C=O) groups excluding carboxylic acids is 1. The summed E-state index contributed by atoms with van der Waals surface area (Å²) in [6.45, 7) is 2.49. The fourth-order valence-corrected chi connectivity index (χ4v) is 1.34. The molecule has 0 amide bonds. The van der Waals surface area contributed by atoms with Gasteiger partial charge < -0.3 is 20.3 Å². The van der Waals surface area contributed by atoms with Crippen molar-refractivity contribution in [3.8, 4) is 5.75 Å². The highest BCUT2D eigenvalue weighted by Crippen LogP contribution is 2.13. The monoisotopic (exact) mass is 253 g/mol. The summed E-state index contributed by atoms with van der Waals surface area (Å²) in [4.78, 5) is 11.3. The van der Waals surface area contributed by atoms with Crippen LogP contribution in [0, 0.1) is 0 Å². The number of aliphatic hydroxyl groups is 1. The summed E-state index contributed by atoms with van der Waals surface area (Å²) in [5, 5.41) is 9.24. The van der Waals surface area contributed by atoms with E-state index in [0.717, 1.165) is 5.56 Å². The van der Waals surface area contributed by atoms with Gasteiger partial charge in [0.2, 0.25) is 0 Å². The van der Waals surface area contributed by atoms with Crippen LogP contribution in [0.5, 0.6) is 5.75 Å². The van der Waals surface area contributed by atoms with E-state index in [1.807, 2.05) is 0 Å². The molecule has 0 radical (unpaired) electrons. The summed E-state index contributed by atoms with van der Waals surface area (Å²) in [5.74, 6) is 0.389. The van der Waals surface area contributed by atoms with Crippen LogP contribution >= 0.6 is 0 Å². The molecule has 1 atom stereocenters. The van der Waals surface area contributed by atoms with E-state index in [0.29, 0.717) is 12.4 Å². The zero-order chi connectivity index (χ0) is 13.4. The molecule has 18 heavy (non-hydrogen) atoms. The second-order valence-corrected chi connectivity index (χ2v) is 3.83. The number of benzene rings is 1. The first kappa shape index (κ1) is 14.5. The van der Waals surface area contributed by atoms with Crippen LogP contribution in [0.15, 0.2) is 24.3 Å². The van der Waals surface area contributed by atoms with Gasteiger partial charge in [-0.2, -0.15) is 0 Å². The molecule has 5 nitrogen and oxygen atoms in total. The third kappa shape index (κ3) is 5.16. The van der Waals surface area contributed by atoms with Crippen LogP contribution in [-0.2, 0) is 16.0 Å². The minimum atomic E-state index is -0.663. The fourth-order valence-electron chi connectivity index (χ4n) is 1.34. The third-order valence-corrected chi connectivity index (χ3v) is 2.29. The van der Waals surface area contributed by atoms with Gasteiger partial charge in [0.15, 0.2) is 0 Å². The van der Waals surface area contributed by atoms with Gasteiger partial charge in [-0.25, -0.2) is 0 Å². The molecule has 0 saturated carbocycles. The maximum absolute atomic E-state index is 11.3. The molecule has 0 aromatic heterocycles. The molecule has 0 heterocycles. The maximum atomic E-state index is 11.3. The largest absolute Gasteiger partial charge is 0.491 e. The average molecular weight is 253 g/mol. The molecule has 100 valence electrons. The van der Waals surface area contributed by atoms with Gasteiger partial charge in [0.1, 0.15) is 18.5 Å². The summed E-state index contributed by atoms with van der Waals surface area (Å²) in [6.07, 6.45) is -0.413. The van der Waals surface area contributed by atoms with Crippen LogP contribution in [0.3, 0.4) is 0 Å². The van der Waals surface area contributed by atoms with E-state index < -0.39 is 6.10 Å². The molecular weight excluding hydrogens is 234 g/mol. The van der Waals surface area contributed by atoms with Crippen molar-refractivity contribution in [1.82, 2.24) is 0 Å². The highest BCUT2D eigenvalue weighted by molar-refractivity contribution is 5.72. The van der Waals surface area contributed by atoms with Gasteiger partial charge in [-0.15, -0.1) is 0 Å². The van der Waals surface area contributed by atoms with Crippen LogP contribution in [0.4, 0.5) is 0 Å². The Labute approximate surface area is 107 Å². The van der Waals surface area contributed by atoms with Crippen molar-refractivity contribution in [3.05, 3.63) is 29.8 Å².